The van der Waals surface area contributed by atoms with Gasteiger partial charge in [0.05, 0.1) is 11.6 Å². The Labute approximate surface area is 124 Å². The van der Waals surface area contributed by atoms with Crippen LogP contribution in [0.25, 0.3) is 0 Å². The minimum Gasteiger partial charge on any atom is -0.435 e. The van der Waals surface area contributed by atoms with Crippen LogP contribution in [0.2, 0.25) is 0 Å². The molecule has 21 heavy (non-hydrogen) atoms. The number of hydrogen-bond acceptors (Lipinski definition) is 6. The SMILES string of the molecule is CC(=O)N(O)CCCP(=O)(O)OC(C)OC(=O)C(C)(C)C. The van der Waals surface area contributed by atoms with Gasteiger partial charge in [0.25, 0.3) is 0 Å². The lowest BCUT2D eigenvalue weighted by molar-refractivity contribution is -0.171. The average Bonchev–Trinajstić information content (AvgIpc) is 2.25. The molecule has 0 fully saturated rings. The zero-order chi connectivity index (χ0) is 16.8. The third kappa shape index (κ3) is 8.83. The normalized spacial score (nSPS) is 16.0. The van der Waals surface area contributed by atoms with Crippen LogP contribution in [-0.2, 0) is 23.4 Å². The second-order valence-electron chi connectivity index (χ2n) is 5.69. The van der Waals surface area contributed by atoms with Crippen molar-refractivity contribution in [2.24, 2.45) is 5.41 Å². The van der Waals surface area contributed by atoms with Crippen LogP contribution >= 0.6 is 7.60 Å². The molecule has 0 saturated heterocycles. The maximum Gasteiger partial charge on any atom is 0.331 e. The van der Waals surface area contributed by atoms with Crippen LogP contribution in [0, 0.1) is 5.41 Å². The number of esters is 1. The Balaban J connectivity index is 4.25. The van der Waals surface area contributed by atoms with Gasteiger partial charge >= 0.3 is 13.6 Å². The monoisotopic (exact) mass is 325 g/mol. The predicted octanol–water partition coefficient (Wildman–Crippen LogP) is 1.75. The van der Waals surface area contributed by atoms with Crippen LogP contribution in [0.5, 0.6) is 0 Å². The summed E-state index contributed by atoms with van der Waals surface area (Å²) in [6.07, 6.45) is -1.36. The summed E-state index contributed by atoms with van der Waals surface area (Å²) in [5.41, 5.74) is -0.740. The molecule has 2 N–H and O–H groups in total. The lowest BCUT2D eigenvalue weighted by atomic mass is 9.97. The van der Waals surface area contributed by atoms with E-state index in [1.807, 2.05) is 0 Å². The summed E-state index contributed by atoms with van der Waals surface area (Å²) in [6.45, 7) is 7.39. The molecule has 0 aliphatic rings. The van der Waals surface area contributed by atoms with Crippen molar-refractivity contribution in [1.29, 1.82) is 0 Å². The van der Waals surface area contributed by atoms with Gasteiger partial charge in [-0.15, -0.1) is 0 Å². The summed E-state index contributed by atoms with van der Waals surface area (Å²) >= 11 is 0. The van der Waals surface area contributed by atoms with Crippen molar-refractivity contribution in [3.8, 4) is 0 Å². The molecule has 0 heterocycles. The second-order valence-corrected chi connectivity index (χ2v) is 7.62. The van der Waals surface area contributed by atoms with Crippen LogP contribution in [-0.4, -0.2) is 46.0 Å². The fourth-order valence-electron chi connectivity index (χ4n) is 1.21. The van der Waals surface area contributed by atoms with E-state index in [1.54, 1.807) is 20.8 Å². The standard InChI is InChI=1S/C12H24NO7P/c1-9(14)13(16)7-6-8-21(17,18)20-10(2)19-11(15)12(3,4)5/h10,16H,6-8H2,1-5H3,(H,17,18). The third-order valence-corrected chi connectivity index (χ3v) is 3.88. The zero-order valence-corrected chi connectivity index (χ0v) is 13.9. The largest absolute Gasteiger partial charge is 0.435 e. The molecule has 0 aliphatic carbocycles. The summed E-state index contributed by atoms with van der Waals surface area (Å²) in [5.74, 6) is -1.11. The first-order valence-electron chi connectivity index (χ1n) is 6.53. The van der Waals surface area contributed by atoms with Crippen LogP contribution in [0.4, 0.5) is 0 Å². The van der Waals surface area contributed by atoms with Crippen molar-refractivity contribution in [2.75, 3.05) is 12.7 Å². The Morgan fingerprint density at radius 2 is 1.86 bits per heavy atom. The molecular weight excluding hydrogens is 301 g/mol. The predicted molar refractivity (Wildman–Crippen MR) is 74.6 cm³/mol. The van der Waals surface area contributed by atoms with Crippen molar-refractivity contribution in [3.63, 3.8) is 0 Å². The minimum atomic E-state index is -3.97. The minimum absolute atomic E-state index is 0.0732. The number of hydrogen-bond donors (Lipinski definition) is 2. The summed E-state index contributed by atoms with van der Waals surface area (Å²) in [7, 11) is -3.97. The third-order valence-electron chi connectivity index (χ3n) is 2.37. The molecule has 2 unspecified atom stereocenters. The molecular formula is C12H24NO7P. The van der Waals surface area contributed by atoms with Gasteiger partial charge in [0.1, 0.15) is 0 Å². The highest BCUT2D eigenvalue weighted by Gasteiger charge is 2.29. The van der Waals surface area contributed by atoms with E-state index in [0.29, 0.717) is 5.06 Å². The number of ether oxygens (including phenoxy) is 1. The fourth-order valence-corrected chi connectivity index (χ4v) is 2.36. The summed E-state index contributed by atoms with van der Waals surface area (Å²) < 4.78 is 21.5. The van der Waals surface area contributed by atoms with Crippen molar-refractivity contribution in [2.45, 2.75) is 47.3 Å². The van der Waals surface area contributed by atoms with Gasteiger partial charge in [-0.2, -0.15) is 0 Å². The second kappa shape index (κ2) is 7.89. The lowest BCUT2D eigenvalue weighted by Crippen LogP contribution is -2.28. The van der Waals surface area contributed by atoms with Crippen LogP contribution in [0.15, 0.2) is 0 Å². The van der Waals surface area contributed by atoms with Gasteiger partial charge in [0, 0.05) is 13.5 Å². The summed E-state index contributed by atoms with van der Waals surface area (Å²) in [6, 6.07) is 0. The summed E-state index contributed by atoms with van der Waals surface area (Å²) in [5, 5.41) is 9.56. The average molecular weight is 325 g/mol. The van der Waals surface area contributed by atoms with Gasteiger partial charge in [0.15, 0.2) is 0 Å². The van der Waals surface area contributed by atoms with E-state index in [1.165, 1.54) is 13.8 Å². The number of carbonyl (C=O) groups excluding carboxylic acids is 2. The highest BCUT2D eigenvalue weighted by atomic mass is 31.2. The molecule has 0 rings (SSSR count). The Morgan fingerprint density at radius 3 is 2.29 bits per heavy atom. The smallest absolute Gasteiger partial charge is 0.331 e. The zero-order valence-electron chi connectivity index (χ0n) is 13.0. The molecule has 0 bridgehead atoms. The molecule has 9 heteroatoms. The van der Waals surface area contributed by atoms with E-state index in [2.05, 4.69) is 0 Å². The van der Waals surface area contributed by atoms with Gasteiger partial charge in [-0.05, 0) is 34.1 Å². The van der Waals surface area contributed by atoms with Gasteiger partial charge in [-0.25, -0.2) is 5.06 Å². The van der Waals surface area contributed by atoms with Crippen LogP contribution in [0.3, 0.4) is 0 Å². The molecule has 0 aromatic rings. The quantitative estimate of drug-likeness (QED) is 0.241. The van der Waals surface area contributed by atoms with E-state index in [9.17, 15) is 19.0 Å². The molecule has 0 saturated carbocycles. The first kappa shape index (κ1) is 20.1. The van der Waals surface area contributed by atoms with E-state index in [4.69, 9.17) is 14.5 Å². The molecule has 0 spiro atoms. The lowest BCUT2D eigenvalue weighted by Gasteiger charge is -2.23. The van der Waals surface area contributed by atoms with Crippen molar-refractivity contribution in [1.82, 2.24) is 5.06 Å². The number of nitrogens with zero attached hydrogens (tertiary/aromatic N) is 1. The maximum atomic E-state index is 11.8. The molecule has 124 valence electrons. The highest BCUT2D eigenvalue weighted by Crippen LogP contribution is 2.44. The molecule has 0 aromatic carbocycles. The van der Waals surface area contributed by atoms with E-state index >= 15 is 0 Å². The maximum absolute atomic E-state index is 11.8. The van der Waals surface area contributed by atoms with Gasteiger partial charge in [0.2, 0.25) is 12.2 Å². The first-order valence-corrected chi connectivity index (χ1v) is 8.30. The Morgan fingerprint density at radius 1 is 1.33 bits per heavy atom. The number of rotatable bonds is 7. The molecule has 2 atom stereocenters. The molecule has 0 aromatic heterocycles. The Kier molecular flexibility index (Phi) is 7.53. The highest BCUT2D eigenvalue weighted by molar-refractivity contribution is 7.52. The molecule has 0 radical (unpaired) electrons. The van der Waals surface area contributed by atoms with Gasteiger partial charge < -0.3 is 9.63 Å². The van der Waals surface area contributed by atoms with Crippen molar-refractivity contribution < 1.29 is 33.5 Å². The fraction of sp³-hybridized carbons (Fsp3) is 0.833. The van der Waals surface area contributed by atoms with Gasteiger partial charge in [-0.3, -0.25) is 23.9 Å². The van der Waals surface area contributed by atoms with E-state index in [-0.39, 0.29) is 19.1 Å². The molecule has 8 nitrogen and oxygen atoms in total. The summed E-state index contributed by atoms with van der Waals surface area (Å²) in [4.78, 5) is 31.9. The van der Waals surface area contributed by atoms with E-state index in [0.717, 1.165) is 0 Å². The topological polar surface area (TPSA) is 113 Å². The molecule has 1 amide bonds. The number of carbonyl (C=O) groups is 2. The number of amides is 1. The van der Waals surface area contributed by atoms with Crippen molar-refractivity contribution >= 4 is 19.5 Å². The molecule has 0 aliphatic heterocycles. The first-order chi connectivity index (χ1) is 9.35. The van der Waals surface area contributed by atoms with E-state index < -0.39 is 31.2 Å². The van der Waals surface area contributed by atoms with Crippen LogP contribution < -0.4 is 0 Å². The Bertz CT molecular complexity index is 418. The number of hydroxylamine groups is 2. The Hall–Kier alpha value is -0.950. The van der Waals surface area contributed by atoms with Crippen molar-refractivity contribution in [3.05, 3.63) is 0 Å². The van der Waals surface area contributed by atoms with Crippen LogP contribution in [0.1, 0.15) is 41.0 Å². The van der Waals surface area contributed by atoms with Gasteiger partial charge in [-0.1, -0.05) is 0 Å².